The Morgan fingerprint density at radius 1 is 0.885 bits per heavy atom. The molecule has 26 heavy (non-hydrogen) atoms. The van der Waals surface area contributed by atoms with E-state index in [4.69, 9.17) is 28.3 Å². The predicted molar refractivity (Wildman–Crippen MR) is 106 cm³/mol. The van der Waals surface area contributed by atoms with Crippen molar-refractivity contribution < 1.29 is 4.39 Å². The summed E-state index contributed by atoms with van der Waals surface area (Å²) in [6.07, 6.45) is 0.577. The zero-order valence-electron chi connectivity index (χ0n) is 13.7. The molecule has 4 rings (SSSR count). The summed E-state index contributed by atoms with van der Waals surface area (Å²) in [6, 6.07) is 21.5. The Morgan fingerprint density at radius 2 is 1.58 bits per heavy atom. The van der Waals surface area contributed by atoms with E-state index >= 15 is 0 Å². The Hall–Kier alpha value is -2.36. The maximum Gasteiger partial charge on any atom is 0.128 e. The molecule has 130 valence electrons. The number of anilines is 1. The van der Waals surface area contributed by atoms with Crippen LogP contribution in [0, 0.1) is 5.82 Å². The first kappa shape index (κ1) is 17.1. The van der Waals surface area contributed by atoms with E-state index in [1.807, 2.05) is 59.6 Å². The van der Waals surface area contributed by atoms with Crippen LogP contribution in [0.4, 0.5) is 10.1 Å². The third-order valence-electron chi connectivity index (χ3n) is 4.45. The van der Waals surface area contributed by atoms with Crippen LogP contribution in [0.2, 0.25) is 10.0 Å². The lowest BCUT2D eigenvalue weighted by molar-refractivity contribution is 0.579. The zero-order valence-corrected chi connectivity index (χ0v) is 15.3. The molecule has 2 nitrogen and oxygen atoms in total. The van der Waals surface area contributed by atoms with Crippen LogP contribution in [0.1, 0.15) is 23.6 Å². The highest BCUT2D eigenvalue weighted by Crippen LogP contribution is 2.40. The van der Waals surface area contributed by atoms with Gasteiger partial charge in [0.2, 0.25) is 0 Å². The van der Waals surface area contributed by atoms with Crippen LogP contribution in [0.3, 0.4) is 0 Å². The first-order valence-electron chi connectivity index (χ1n) is 8.25. The number of benzene rings is 3. The quantitative estimate of drug-likeness (QED) is 0.503. The fourth-order valence-corrected chi connectivity index (χ4v) is 3.52. The average molecular weight is 385 g/mol. The van der Waals surface area contributed by atoms with Crippen LogP contribution < -0.4 is 5.01 Å². The molecule has 1 heterocycles. The molecule has 1 aliphatic rings. The van der Waals surface area contributed by atoms with Gasteiger partial charge in [-0.3, -0.25) is 5.01 Å². The Morgan fingerprint density at radius 3 is 2.31 bits per heavy atom. The fraction of sp³-hybridized carbons (Fsp3) is 0.0952. The third kappa shape index (κ3) is 3.20. The summed E-state index contributed by atoms with van der Waals surface area (Å²) in [4.78, 5) is 0. The fourth-order valence-electron chi connectivity index (χ4n) is 3.17. The molecule has 0 aliphatic carbocycles. The highest BCUT2D eigenvalue weighted by atomic mass is 35.5. The third-order valence-corrected chi connectivity index (χ3v) is 5.02. The second-order valence-electron chi connectivity index (χ2n) is 6.09. The van der Waals surface area contributed by atoms with Crippen LogP contribution in [-0.4, -0.2) is 5.71 Å². The molecule has 0 amide bonds. The molecular weight excluding hydrogens is 370 g/mol. The first-order chi connectivity index (χ1) is 12.6. The van der Waals surface area contributed by atoms with Crippen molar-refractivity contribution in [2.24, 2.45) is 5.10 Å². The second kappa shape index (κ2) is 7.10. The Balaban J connectivity index is 1.80. The molecular formula is C21H15Cl2FN2. The smallest absolute Gasteiger partial charge is 0.128 e. The first-order valence-corrected chi connectivity index (χ1v) is 9.00. The number of nitrogens with zero attached hydrogens (tertiary/aromatic N) is 2. The van der Waals surface area contributed by atoms with E-state index in [-0.39, 0.29) is 11.9 Å². The molecule has 0 fully saturated rings. The molecule has 0 aromatic heterocycles. The van der Waals surface area contributed by atoms with Crippen molar-refractivity contribution in [1.29, 1.82) is 0 Å². The zero-order chi connectivity index (χ0) is 18.1. The average Bonchev–Trinajstić information content (AvgIpc) is 3.08. The summed E-state index contributed by atoms with van der Waals surface area (Å²) in [6.45, 7) is 0. The summed E-state index contributed by atoms with van der Waals surface area (Å²) in [7, 11) is 0. The van der Waals surface area contributed by atoms with Gasteiger partial charge in [0, 0.05) is 17.0 Å². The number of hydrazone groups is 1. The van der Waals surface area contributed by atoms with Gasteiger partial charge in [-0.2, -0.15) is 5.10 Å². The van der Waals surface area contributed by atoms with E-state index < -0.39 is 0 Å². The monoisotopic (exact) mass is 384 g/mol. The van der Waals surface area contributed by atoms with Crippen molar-refractivity contribution in [1.82, 2.24) is 0 Å². The van der Waals surface area contributed by atoms with Gasteiger partial charge in [-0.1, -0.05) is 65.7 Å². The lowest BCUT2D eigenvalue weighted by Crippen LogP contribution is -2.19. The van der Waals surface area contributed by atoms with E-state index in [2.05, 4.69) is 0 Å². The number of rotatable bonds is 3. The van der Waals surface area contributed by atoms with E-state index in [0.29, 0.717) is 22.0 Å². The van der Waals surface area contributed by atoms with Crippen molar-refractivity contribution in [3.8, 4) is 0 Å². The summed E-state index contributed by atoms with van der Waals surface area (Å²) in [5.41, 5.74) is 3.19. The van der Waals surface area contributed by atoms with Gasteiger partial charge in [0.05, 0.1) is 22.5 Å². The van der Waals surface area contributed by atoms with Gasteiger partial charge >= 0.3 is 0 Å². The number of halogens is 3. The molecule has 0 N–H and O–H groups in total. The van der Waals surface area contributed by atoms with Gasteiger partial charge in [0.1, 0.15) is 5.82 Å². The molecule has 0 unspecified atom stereocenters. The SMILES string of the molecule is Fc1ccccc1[C@@H]1CC(c2ccc(Cl)cc2)=NN1c1ccccc1Cl. The van der Waals surface area contributed by atoms with Crippen molar-refractivity contribution in [2.75, 3.05) is 5.01 Å². The van der Waals surface area contributed by atoms with E-state index in [1.54, 1.807) is 12.1 Å². The van der Waals surface area contributed by atoms with Gasteiger partial charge in [-0.25, -0.2) is 4.39 Å². The van der Waals surface area contributed by atoms with Gasteiger partial charge in [-0.05, 0) is 35.9 Å². The van der Waals surface area contributed by atoms with Gasteiger partial charge in [0.15, 0.2) is 0 Å². The van der Waals surface area contributed by atoms with Crippen molar-refractivity contribution >= 4 is 34.6 Å². The minimum Gasteiger partial charge on any atom is -0.256 e. The number of hydrogen-bond donors (Lipinski definition) is 0. The maximum absolute atomic E-state index is 14.5. The Bertz CT molecular complexity index is 970. The minimum absolute atomic E-state index is 0.248. The Kier molecular flexibility index (Phi) is 4.66. The van der Waals surface area contributed by atoms with Crippen molar-refractivity contribution in [3.05, 3.63) is 99.8 Å². The topological polar surface area (TPSA) is 15.6 Å². The standard InChI is InChI=1S/C21H15Cl2FN2/c22-15-11-9-14(10-12-15)19-13-21(16-5-1-3-7-18(16)24)26(25-19)20-8-4-2-6-17(20)23/h1-12,21H,13H2/t21-/m0/s1. The molecule has 5 heteroatoms. The van der Waals surface area contributed by atoms with Crippen LogP contribution in [0.25, 0.3) is 0 Å². The van der Waals surface area contributed by atoms with Crippen molar-refractivity contribution in [2.45, 2.75) is 12.5 Å². The number of hydrogen-bond acceptors (Lipinski definition) is 2. The lowest BCUT2D eigenvalue weighted by atomic mass is 9.98. The second-order valence-corrected chi connectivity index (χ2v) is 6.93. The van der Waals surface area contributed by atoms with Crippen LogP contribution in [-0.2, 0) is 0 Å². The van der Waals surface area contributed by atoms with E-state index in [0.717, 1.165) is 17.0 Å². The minimum atomic E-state index is -0.262. The molecule has 3 aromatic rings. The molecule has 3 aromatic carbocycles. The molecule has 0 saturated heterocycles. The molecule has 0 bridgehead atoms. The summed E-state index contributed by atoms with van der Waals surface area (Å²) in [5.74, 6) is -0.248. The van der Waals surface area contributed by atoms with E-state index in [1.165, 1.54) is 6.07 Å². The molecule has 0 radical (unpaired) electrons. The van der Waals surface area contributed by atoms with Crippen LogP contribution in [0.15, 0.2) is 77.9 Å². The van der Waals surface area contributed by atoms with E-state index in [9.17, 15) is 4.39 Å². The molecule has 1 aliphatic heterocycles. The highest BCUT2D eigenvalue weighted by molar-refractivity contribution is 6.33. The summed E-state index contributed by atoms with van der Waals surface area (Å²) < 4.78 is 14.5. The van der Waals surface area contributed by atoms with Crippen molar-refractivity contribution in [3.63, 3.8) is 0 Å². The summed E-state index contributed by atoms with van der Waals surface area (Å²) in [5, 5.41) is 7.83. The van der Waals surface area contributed by atoms with Gasteiger partial charge < -0.3 is 0 Å². The maximum atomic E-state index is 14.5. The van der Waals surface area contributed by atoms with Gasteiger partial charge in [0.25, 0.3) is 0 Å². The molecule has 0 saturated carbocycles. The molecule has 1 atom stereocenters. The van der Waals surface area contributed by atoms with Crippen LogP contribution in [0.5, 0.6) is 0 Å². The highest BCUT2D eigenvalue weighted by Gasteiger charge is 2.32. The number of para-hydroxylation sites is 1. The Labute approximate surface area is 161 Å². The van der Waals surface area contributed by atoms with Crippen LogP contribution >= 0.6 is 23.2 Å². The lowest BCUT2D eigenvalue weighted by Gasteiger charge is -2.25. The molecule has 0 spiro atoms. The predicted octanol–water partition coefficient (Wildman–Crippen LogP) is 6.49. The normalized spacial score (nSPS) is 16.7. The summed E-state index contributed by atoms with van der Waals surface area (Å²) >= 11 is 12.4. The largest absolute Gasteiger partial charge is 0.256 e. The van der Waals surface area contributed by atoms with Gasteiger partial charge in [-0.15, -0.1) is 0 Å².